The van der Waals surface area contributed by atoms with E-state index in [0.29, 0.717) is 18.3 Å². The van der Waals surface area contributed by atoms with Crippen LogP contribution in [0, 0.1) is 46.3 Å². The standard InChI is InChI=1S/C24H40O4/c1-4-7-15(2)20-22(3)13-11-18-17(19(22)14-24(20,27)28)10-9-16-8-5-6-12-23(16,18)21(25)26/h15-20,27-28H,4-14H2,1-3H3,(H,25,26)/t15-,16+,17-,18+,19+,20-,22+,23-/m1/s1. The normalized spacial score (nSPS) is 48.2. The van der Waals surface area contributed by atoms with Gasteiger partial charge in [0.15, 0.2) is 5.79 Å². The minimum absolute atomic E-state index is 0.0829. The summed E-state index contributed by atoms with van der Waals surface area (Å²) in [6.07, 6.45) is 10.6. The predicted molar refractivity (Wildman–Crippen MR) is 108 cm³/mol. The lowest BCUT2D eigenvalue weighted by molar-refractivity contribution is -0.211. The zero-order valence-corrected chi connectivity index (χ0v) is 18.0. The lowest BCUT2D eigenvalue weighted by Gasteiger charge is -2.59. The Morgan fingerprint density at radius 2 is 1.82 bits per heavy atom. The molecule has 4 fully saturated rings. The Balaban J connectivity index is 1.69. The van der Waals surface area contributed by atoms with E-state index in [9.17, 15) is 20.1 Å². The van der Waals surface area contributed by atoms with Gasteiger partial charge in [-0.2, -0.15) is 0 Å². The van der Waals surface area contributed by atoms with Crippen LogP contribution in [0.2, 0.25) is 0 Å². The zero-order valence-electron chi connectivity index (χ0n) is 18.0. The van der Waals surface area contributed by atoms with Gasteiger partial charge in [-0.15, -0.1) is 0 Å². The van der Waals surface area contributed by atoms with Gasteiger partial charge in [-0.3, -0.25) is 4.79 Å². The van der Waals surface area contributed by atoms with Crippen LogP contribution in [-0.2, 0) is 4.79 Å². The minimum Gasteiger partial charge on any atom is -0.481 e. The molecule has 28 heavy (non-hydrogen) atoms. The lowest BCUT2D eigenvalue weighted by Crippen LogP contribution is -2.57. The third-order valence-electron chi connectivity index (χ3n) is 9.95. The average Bonchev–Trinajstić information content (AvgIpc) is 2.86. The first kappa shape index (κ1) is 20.7. The van der Waals surface area contributed by atoms with Gasteiger partial charge in [0.25, 0.3) is 0 Å². The van der Waals surface area contributed by atoms with E-state index in [4.69, 9.17) is 0 Å². The van der Waals surface area contributed by atoms with E-state index >= 15 is 0 Å². The SMILES string of the molecule is CCC[C@@H](C)[C@H]1C(O)(O)C[C@H]2[C@@H]3CC[C@@H]4CCCC[C@]4(C(=O)O)[C@H]3CC[C@@]21C. The van der Waals surface area contributed by atoms with Crippen molar-refractivity contribution in [3.05, 3.63) is 0 Å². The van der Waals surface area contributed by atoms with Crippen LogP contribution >= 0.6 is 0 Å². The number of aliphatic hydroxyl groups is 2. The van der Waals surface area contributed by atoms with E-state index < -0.39 is 17.2 Å². The van der Waals surface area contributed by atoms with Gasteiger partial charge < -0.3 is 15.3 Å². The summed E-state index contributed by atoms with van der Waals surface area (Å²) in [6, 6.07) is 0. The molecule has 160 valence electrons. The highest BCUT2D eigenvalue weighted by Crippen LogP contribution is 2.70. The monoisotopic (exact) mass is 392 g/mol. The molecule has 0 saturated heterocycles. The topological polar surface area (TPSA) is 77.8 Å². The van der Waals surface area contributed by atoms with E-state index in [-0.39, 0.29) is 29.1 Å². The molecule has 4 heteroatoms. The van der Waals surface area contributed by atoms with Crippen LogP contribution in [0.3, 0.4) is 0 Å². The Bertz CT molecular complexity index is 616. The molecule has 0 aromatic rings. The minimum atomic E-state index is -1.61. The highest BCUT2D eigenvalue weighted by atomic mass is 16.5. The molecule has 0 spiro atoms. The highest BCUT2D eigenvalue weighted by Gasteiger charge is 2.68. The second kappa shape index (κ2) is 6.97. The second-order valence-corrected chi connectivity index (χ2v) is 11.1. The molecule has 4 nitrogen and oxygen atoms in total. The van der Waals surface area contributed by atoms with E-state index in [1.807, 2.05) is 0 Å². The number of hydrogen-bond acceptors (Lipinski definition) is 3. The molecule has 0 aromatic heterocycles. The first-order valence-electron chi connectivity index (χ1n) is 11.9. The van der Waals surface area contributed by atoms with Gasteiger partial charge in [0.05, 0.1) is 5.41 Å². The van der Waals surface area contributed by atoms with Crippen molar-refractivity contribution in [3.8, 4) is 0 Å². The Morgan fingerprint density at radius 1 is 1.07 bits per heavy atom. The first-order valence-corrected chi connectivity index (χ1v) is 11.9. The summed E-state index contributed by atoms with van der Waals surface area (Å²) in [7, 11) is 0. The molecule has 8 atom stereocenters. The molecule has 0 aliphatic heterocycles. The van der Waals surface area contributed by atoms with Crippen molar-refractivity contribution in [2.45, 2.75) is 97.2 Å². The molecule has 0 heterocycles. The van der Waals surface area contributed by atoms with Gasteiger partial charge >= 0.3 is 5.97 Å². The maximum Gasteiger partial charge on any atom is 0.310 e. The maximum absolute atomic E-state index is 12.6. The summed E-state index contributed by atoms with van der Waals surface area (Å²) in [6.45, 7) is 6.64. The van der Waals surface area contributed by atoms with Crippen molar-refractivity contribution < 1.29 is 20.1 Å². The van der Waals surface area contributed by atoms with Crippen LogP contribution in [0.15, 0.2) is 0 Å². The summed E-state index contributed by atoms with van der Waals surface area (Å²) in [5.74, 6) is -0.869. The summed E-state index contributed by atoms with van der Waals surface area (Å²) < 4.78 is 0. The van der Waals surface area contributed by atoms with Gasteiger partial charge in [-0.05, 0) is 73.5 Å². The number of rotatable bonds is 4. The van der Waals surface area contributed by atoms with Crippen molar-refractivity contribution in [3.63, 3.8) is 0 Å². The van der Waals surface area contributed by atoms with Crippen LogP contribution in [-0.4, -0.2) is 27.1 Å². The first-order chi connectivity index (χ1) is 13.2. The van der Waals surface area contributed by atoms with Crippen molar-refractivity contribution in [1.82, 2.24) is 0 Å². The Morgan fingerprint density at radius 3 is 2.50 bits per heavy atom. The molecule has 0 radical (unpaired) electrons. The van der Waals surface area contributed by atoms with Crippen molar-refractivity contribution in [1.29, 1.82) is 0 Å². The number of carbonyl (C=O) groups is 1. The fraction of sp³-hybridized carbons (Fsp3) is 0.958. The van der Waals surface area contributed by atoms with Gasteiger partial charge in [-0.25, -0.2) is 0 Å². The maximum atomic E-state index is 12.6. The Hall–Kier alpha value is -0.610. The van der Waals surface area contributed by atoms with Crippen LogP contribution in [0.1, 0.15) is 91.4 Å². The fourth-order valence-corrected chi connectivity index (χ4v) is 9.15. The fourth-order valence-electron chi connectivity index (χ4n) is 9.15. The summed E-state index contributed by atoms with van der Waals surface area (Å²) >= 11 is 0. The molecule has 4 saturated carbocycles. The molecule has 4 rings (SSSR count). The van der Waals surface area contributed by atoms with Crippen LogP contribution in [0.25, 0.3) is 0 Å². The molecule has 3 N–H and O–H groups in total. The summed E-state index contributed by atoms with van der Waals surface area (Å²) in [4.78, 5) is 12.6. The van der Waals surface area contributed by atoms with Crippen LogP contribution in [0.4, 0.5) is 0 Å². The highest BCUT2D eigenvalue weighted by molar-refractivity contribution is 5.76. The molecule has 0 aromatic carbocycles. The third kappa shape index (κ3) is 2.73. The van der Waals surface area contributed by atoms with Crippen LogP contribution in [0.5, 0.6) is 0 Å². The molecule has 0 amide bonds. The zero-order chi connectivity index (χ0) is 20.3. The van der Waals surface area contributed by atoms with E-state index in [1.165, 1.54) is 6.42 Å². The van der Waals surface area contributed by atoms with E-state index in [2.05, 4.69) is 20.8 Å². The molecule has 4 aliphatic carbocycles. The van der Waals surface area contributed by atoms with Crippen molar-refractivity contribution >= 4 is 5.97 Å². The quantitative estimate of drug-likeness (QED) is 0.599. The number of fused-ring (bicyclic) bond motifs is 5. The van der Waals surface area contributed by atoms with Crippen molar-refractivity contribution in [2.75, 3.05) is 0 Å². The second-order valence-electron chi connectivity index (χ2n) is 11.1. The Labute approximate surface area is 170 Å². The molecule has 0 unspecified atom stereocenters. The van der Waals surface area contributed by atoms with E-state index in [0.717, 1.165) is 57.8 Å². The molecule has 4 aliphatic rings. The van der Waals surface area contributed by atoms with Gasteiger partial charge in [-0.1, -0.05) is 46.5 Å². The largest absolute Gasteiger partial charge is 0.481 e. The number of carboxylic acids is 1. The van der Waals surface area contributed by atoms with Gasteiger partial charge in [0, 0.05) is 12.3 Å². The van der Waals surface area contributed by atoms with E-state index in [1.54, 1.807) is 0 Å². The van der Waals surface area contributed by atoms with Gasteiger partial charge in [0.2, 0.25) is 0 Å². The molecular weight excluding hydrogens is 352 g/mol. The number of aliphatic carboxylic acids is 1. The van der Waals surface area contributed by atoms with Crippen LogP contribution < -0.4 is 0 Å². The smallest absolute Gasteiger partial charge is 0.310 e. The van der Waals surface area contributed by atoms with Crippen molar-refractivity contribution in [2.24, 2.45) is 46.3 Å². The van der Waals surface area contributed by atoms with Gasteiger partial charge in [0.1, 0.15) is 0 Å². The third-order valence-corrected chi connectivity index (χ3v) is 9.95. The molecular formula is C24H40O4. The Kier molecular flexibility index (Phi) is 5.14. The number of carboxylic acid groups (broad SMARTS) is 1. The lowest BCUT2D eigenvalue weighted by atomic mass is 9.44. The molecule has 0 bridgehead atoms. The number of hydrogen-bond donors (Lipinski definition) is 3. The summed E-state index contributed by atoms with van der Waals surface area (Å²) in [5.41, 5.74) is -0.635. The summed E-state index contributed by atoms with van der Waals surface area (Å²) in [5, 5.41) is 32.5. The predicted octanol–water partition coefficient (Wildman–Crippen LogP) is 4.83. The average molecular weight is 393 g/mol.